The molecule has 1 fully saturated rings. The first-order chi connectivity index (χ1) is 12.2. The molecule has 0 unspecified atom stereocenters. The molecule has 10 heteroatoms. The Morgan fingerprint density at radius 3 is 2.46 bits per heavy atom. The second kappa shape index (κ2) is 6.77. The van der Waals surface area contributed by atoms with E-state index in [0.717, 1.165) is 6.07 Å². The fraction of sp³-hybridized carbons (Fsp3) is 0.375. The summed E-state index contributed by atoms with van der Waals surface area (Å²) in [4.78, 5) is 27.3. The van der Waals surface area contributed by atoms with Gasteiger partial charge < -0.3 is 15.5 Å². The molecule has 0 aromatic carbocycles. The van der Waals surface area contributed by atoms with E-state index in [4.69, 9.17) is 5.73 Å². The van der Waals surface area contributed by atoms with E-state index >= 15 is 0 Å². The van der Waals surface area contributed by atoms with Gasteiger partial charge in [0.2, 0.25) is 5.95 Å². The molecule has 2 aromatic heterocycles. The van der Waals surface area contributed by atoms with Crippen LogP contribution < -0.4 is 10.6 Å². The van der Waals surface area contributed by atoms with Crippen molar-refractivity contribution in [1.29, 1.82) is 0 Å². The van der Waals surface area contributed by atoms with Crippen LogP contribution in [0.2, 0.25) is 0 Å². The highest BCUT2D eigenvalue weighted by Crippen LogP contribution is 2.29. The lowest BCUT2D eigenvalue weighted by atomic mass is 10.2. The Hall–Kier alpha value is -2.91. The van der Waals surface area contributed by atoms with E-state index < -0.39 is 11.9 Å². The zero-order valence-corrected chi connectivity index (χ0v) is 14.0. The van der Waals surface area contributed by atoms with Crippen LogP contribution in [0.25, 0.3) is 0 Å². The Morgan fingerprint density at radius 2 is 1.85 bits per heavy atom. The van der Waals surface area contributed by atoms with Gasteiger partial charge in [0, 0.05) is 43.6 Å². The summed E-state index contributed by atoms with van der Waals surface area (Å²) in [7, 11) is 0. The zero-order valence-electron chi connectivity index (χ0n) is 14.0. The molecule has 0 atom stereocenters. The van der Waals surface area contributed by atoms with Gasteiger partial charge in [0.15, 0.2) is 0 Å². The van der Waals surface area contributed by atoms with E-state index in [1.54, 1.807) is 15.9 Å². The average molecular weight is 366 g/mol. The smallest absolute Gasteiger partial charge is 0.384 e. The molecule has 1 aliphatic heterocycles. The molecule has 7 nitrogen and oxygen atoms in total. The summed E-state index contributed by atoms with van der Waals surface area (Å²) < 4.78 is 38.8. The highest BCUT2D eigenvalue weighted by atomic mass is 19.4. The van der Waals surface area contributed by atoms with Crippen LogP contribution in [0.1, 0.15) is 21.7 Å². The Bertz CT molecular complexity index is 818. The van der Waals surface area contributed by atoms with Gasteiger partial charge in [0.25, 0.3) is 5.91 Å². The number of alkyl halides is 3. The first-order valence-electron chi connectivity index (χ1n) is 7.92. The summed E-state index contributed by atoms with van der Waals surface area (Å²) in [5.41, 5.74) is 5.29. The van der Waals surface area contributed by atoms with Crippen LogP contribution in [0, 0.1) is 6.92 Å². The maximum absolute atomic E-state index is 12.9. The number of pyridine rings is 1. The van der Waals surface area contributed by atoms with Crippen LogP contribution in [0.15, 0.2) is 24.4 Å². The van der Waals surface area contributed by atoms with E-state index in [2.05, 4.69) is 15.0 Å². The molecule has 0 spiro atoms. The topological polar surface area (TPSA) is 88.2 Å². The molecule has 1 saturated heterocycles. The van der Waals surface area contributed by atoms with E-state index in [9.17, 15) is 18.0 Å². The van der Waals surface area contributed by atoms with E-state index in [-0.39, 0.29) is 23.4 Å². The third-order valence-corrected chi connectivity index (χ3v) is 4.01. The number of carbonyl (C=O) groups excluding carboxylic acids is 1. The molecule has 2 aromatic rings. The van der Waals surface area contributed by atoms with Gasteiger partial charge >= 0.3 is 6.18 Å². The summed E-state index contributed by atoms with van der Waals surface area (Å²) in [6, 6.07) is 3.98. The summed E-state index contributed by atoms with van der Waals surface area (Å²) in [6.07, 6.45) is -3.07. The normalized spacial score (nSPS) is 15.2. The summed E-state index contributed by atoms with van der Waals surface area (Å²) in [5, 5.41) is 0. The molecule has 1 aliphatic rings. The maximum Gasteiger partial charge on any atom is 0.433 e. The number of nitrogen functional groups attached to an aromatic ring is 1. The first-order valence-corrected chi connectivity index (χ1v) is 7.92. The predicted molar refractivity (Wildman–Crippen MR) is 88.5 cm³/mol. The minimum absolute atomic E-state index is 0.0255. The first kappa shape index (κ1) is 17.9. The highest BCUT2D eigenvalue weighted by molar-refractivity contribution is 5.94. The second-order valence-corrected chi connectivity index (χ2v) is 5.94. The summed E-state index contributed by atoms with van der Waals surface area (Å²) in [6.45, 7) is 2.87. The van der Waals surface area contributed by atoms with Crippen LogP contribution in [-0.2, 0) is 6.18 Å². The molecule has 0 saturated carbocycles. The molecule has 0 radical (unpaired) electrons. The van der Waals surface area contributed by atoms with Gasteiger partial charge in [-0.2, -0.15) is 13.2 Å². The largest absolute Gasteiger partial charge is 0.433 e. The Kier molecular flexibility index (Phi) is 4.66. The molecule has 0 aliphatic carbocycles. The molecule has 138 valence electrons. The summed E-state index contributed by atoms with van der Waals surface area (Å²) in [5.74, 6) is 0.0831. The Labute approximate surface area is 147 Å². The number of nitrogens with zero attached hydrogens (tertiary/aromatic N) is 5. The average Bonchev–Trinajstić information content (AvgIpc) is 2.60. The molecule has 26 heavy (non-hydrogen) atoms. The van der Waals surface area contributed by atoms with Gasteiger partial charge in [-0.3, -0.25) is 4.79 Å². The van der Waals surface area contributed by atoms with Crippen LogP contribution in [0.5, 0.6) is 0 Å². The number of halogens is 3. The number of carbonyl (C=O) groups is 1. The number of rotatable bonds is 2. The Balaban J connectivity index is 1.71. The zero-order chi connectivity index (χ0) is 18.9. The number of hydrogen-bond acceptors (Lipinski definition) is 6. The summed E-state index contributed by atoms with van der Waals surface area (Å²) >= 11 is 0. The molecule has 1 amide bonds. The van der Waals surface area contributed by atoms with Crippen molar-refractivity contribution in [2.45, 2.75) is 13.1 Å². The van der Waals surface area contributed by atoms with Crippen molar-refractivity contribution in [1.82, 2.24) is 19.9 Å². The van der Waals surface area contributed by atoms with Crippen molar-refractivity contribution in [2.75, 3.05) is 36.8 Å². The second-order valence-electron chi connectivity index (χ2n) is 5.94. The standard InChI is InChI=1S/C16H17F3N6O/c1-10-8-12(16(17,18)19)23-15(22-10)25-6-4-24(5-7-25)14(26)11-2-3-21-13(20)9-11/h2-3,8-9H,4-7H2,1H3,(H2,20,21). The van der Waals surface area contributed by atoms with Gasteiger partial charge in [-0.15, -0.1) is 0 Å². The van der Waals surface area contributed by atoms with Crippen molar-refractivity contribution in [3.63, 3.8) is 0 Å². The predicted octanol–water partition coefficient (Wildman–Crippen LogP) is 1.74. The van der Waals surface area contributed by atoms with Crippen molar-refractivity contribution in [3.8, 4) is 0 Å². The van der Waals surface area contributed by atoms with Crippen LogP contribution >= 0.6 is 0 Å². The lowest BCUT2D eigenvalue weighted by Gasteiger charge is -2.35. The molecule has 3 rings (SSSR count). The van der Waals surface area contributed by atoms with Gasteiger partial charge in [-0.1, -0.05) is 0 Å². The molecular weight excluding hydrogens is 349 g/mol. The maximum atomic E-state index is 12.9. The van der Waals surface area contributed by atoms with Gasteiger partial charge in [-0.25, -0.2) is 15.0 Å². The van der Waals surface area contributed by atoms with E-state index in [1.165, 1.54) is 19.2 Å². The van der Waals surface area contributed by atoms with Crippen molar-refractivity contribution < 1.29 is 18.0 Å². The van der Waals surface area contributed by atoms with Crippen molar-refractivity contribution in [2.24, 2.45) is 0 Å². The van der Waals surface area contributed by atoms with Gasteiger partial charge in [0.1, 0.15) is 11.5 Å². The molecule has 0 bridgehead atoms. The molecule has 2 N–H and O–H groups in total. The number of hydrogen-bond donors (Lipinski definition) is 1. The highest BCUT2D eigenvalue weighted by Gasteiger charge is 2.34. The SMILES string of the molecule is Cc1cc(C(F)(F)F)nc(N2CCN(C(=O)c3ccnc(N)c3)CC2)n1. The Morgan fingerprint density at radius 1 is 1.15 bits per heavy atom. The van der Waals surface area contributed by atoms with Crippen LogP contribution in [-0.4, -0.2) is 51.9 Å². The minimum Gasteiger partial charge on any atom is -0.384 e. The fourth-order valence-electron chi connectivity index (χ4n) is 2.71. The minimum atomic E-state index is -4.53. The number of nitrogens with two attached hydrogens (primary N) is 1. The number of amides is 1. The third kappa shape index (κ3) is 3.84. The number of aryl methyl sites for hydroxylation is 1. The van der Waals surface area contributed by atoms with Gasteiger partial charge in [-0.05, 0) is 25.1 Å². The molecular formula is C16H17F3N6O. The molecule has 3 heterocycles. The van der Waals surface area contributed by atoms with Crippen LogP contribution in [0.4, 0.5) is 24.9 Å². The van der Waals surface area contributed by atoms with Crippen molar-refractivity contribution >= 4 is 17.7 Å². The third-order valence-electron chi connectivity index (χ3n) is 4.01. The number of aromatic nitrogens is 3. The van der Waals surface area contributed by atoms with E-state index in [1.807, 2.05) is 0 Å². The lowest BCUT2D eigenvalue weighted by molar-refractivity contribution is -0.141. The number of piperazine rings is 1. The van der Waals surface area contributed by atoms with Gasteiger partial charge in [0.05, 0.1) is 0 Å². The monoisotopic (exact) mass is 366 g/mol. The number of anilines is 2. The fourth-order valence-corrected chi connectivity index (χ4v) is 2.71. The lowest BCUT2D eigenvalue weighted by Crippen LogP contribution is -2.49. The quantitative estimate of drug-likeness (QED) is 0.871. The van der Waals surface area contributed by atoms with Crippen molar-refractivity contribution in [3.05, 3.63) is 41.3 Å². The van der Waals surface area contributed by atoms with E-state index in [0.29, 0.717) is 31.7 Å². The van der Waals surface area contributed by atoms with Crippen LogP contribution in [0.3, 0.4) is 0 Å².